The topological polar surface area (TPSA) is 90.3 Å². The van der Waals surface area contributed by atoms with E-state index in [1.807, 2.05) is 26.1 Å². The van der Waals surface area contributed by atoms with Gasteiger partial charge in [-0.15, -0.1) is 10.2 Å². The molecule has 8 nitrogen and oxygen atoms in total. The van der Waals surface area contributed by atoms with E-state index in [2.05, 4.69) is 20.8 Å². The minimum atomic E-state index is -0.282. The zero-order valence-corrected chi connectivity index (χ0v) is 13.7. The molecule has 0 aliphatic rings. The maximum Gasteiger partial charge on any atom is 0.315 e. The number of nitrogens with one attached hydrogen (secondary N) is 2. The van der Waals surface area contributed by atoms with Crippen LogP contribution in [0.5, 0.6) is 11.5 Å². The molecule has 0 saturated heterocycles. The predicted molar refractivity (Wildman–Crippen MR) is 84.3 cm³/mol. The second-order valence-corrected chi connectivity index (χ2v) is 5.04. The molecule has 23 heavy (non-hydrogen) atoms. The highest BCUT2D eigenvalue weighted by Gasteiger charge is 2.14. The summed E-state index contributed by atoms with van der Waals surface area (Å²) in [6.45, 7) is 2.22. The molecular formula is C15H21N5O3. The summed E-state index contributed by atoms with van der Waals surface area (Å²) in [5.41, 5.74) is 0.907. The smallest absolute Gasteiger partial charge is 0.315 e. The first-order chi connectivity index (χ1) is 11.0. The van der Waals surface area contributed by atoms with Crippen LogP contribution in [0.2, 0.25) is 0 Å². The number of nitrogens with zero attached hydrogens (tertiary/aromatic N) is 3. The summed E-state index contributed by atoms with van der Waals surface area (Å²) in [7, 11) is 4.98. The Balaban J connectivity index is 1.90. The maximum atomic E-state index is 12.0. The molecule has 0 spiro atoms. The number of carbonyl (C=O) groups excluding carboxylic acids is 1. The van der Waals surface area contributed by atoms with Crippen molar-refractivity contribution in [2.24, 2.45) is 7.05 Å². The van der Waals surface area contributed by atoms with Gasteiger partial charge in [0.2, 0.25) is 0 Å². The molecule has 2 amide bonds. The lowest BCUT2D eigenvalue weighted by Gasteiger charge is -2.14. The average Bonchev–Trinajstić information content (AvgIpc) is 2.98. The normalized spacial score (nSPS) is 11.7. The van der Waals surface area contributed by atoms with E-state index in [-0.39, 0.29) is 12.1 Å². The zero-order valence-electron chi connectivity index (χ0n) is 13.7. The molecule has 0 fully saturated rings. The van der Waals surface area contributed by atoms with Crippen molar-refractivity contribution < 1.29 is 14.3 Å². The van der Waals surface area contributed by atoms with Gasteiger partial charge in [0.25, 0.3) is 0 Å². The Labute approximate surface area is 134 Å². The van der Waals surface area contributed by atoms with Gasteiger partial charge in [-0.05, 0) is 24.6 Å². The second-order valence-electron chi connectivity index (χ2n) is 5.04. The van der Waals surface area contributed by atoms with Gasteiger partial charge in [0.15, 0.2) is 17.3 Å². The average molecular weight is 319 g/mol. The molecule has 1 heterocycles. The molecule has 1 atom stereocenters. The maximum absolute atomic E-state index is 12.0. The van der Waals surface area contributed by atoms with Crippen LogP contribution in [0.15, 0.2) is 24.5 Å². The van der Waals surface area contributed by atoms with Gasteiger partial charge < -0.3 is 24.7 Å². The summed E-state index contributed by atoms with van der Waals surface area (Å²) in [6.07, 6.45) is 1.59. The lowest BCUT2D eigenvalue weighted by Crippen LogP contribution is -2.37. The van der Waals surface area contributed by atoms with E-state index < -0.39 is 0 Å². The second kappa shape index (κ2) is 7.48. The molecule has 0 saturated carbocycles. The number of urea groups is 1. The molecule has 0 aliphatic carbocycles. The van der Waals surface area contributed by atoms with Gasteiger partial charge in [-0.3, -0.25) is 0 Å². The van der Waals surface area contributed by atoms with Crippen molar-refractivity contribution in [2.75, 3.05) is 14.2 Å². The number of carbonyl (C=O) groups is 1. The summed E-state index contributed by atoms with van der Waals surface area (Å²) in [6, 6.07) is 4.97. The third-order valence-corrected chi connectivity index (χ3v) is 3.38. The molecule has 1 aromatic heterocycles. The lowest BCUT2D eigenvalue weighted by molar-refractivity contribution is 0.237. The van der Waals surface area contributed by atoms with Crippen molar-refractivity contribution >= 4 is 6.03 Å². The summed E-state index contributed by atoms with van der Waals surface area (Å²) >= 11 is 0. The van der Waals surface area contributed by atoms with E-state index in [0.717, 1.165) is 5.56 Å². The van der Waals surface area contributed by atoms with Crippen molar-refractivity contribution in [1.82, 2.24) is 25.4 Å². The molecule has 0 unspecified atom stereocenters. The number of amides is 2. The van der Waals surface area contributed by atoms with Gasteiger partial charge >= 0.3 is 6.03 Å². The molecule has 2 rings (SSSR count). The van der Waals surface area contributed by atoms with Crippen molar-refractivity contribution in [3.05, 3.63) is 35.9 Å². The Kier molecular flexibility index (Phi) is 5.40. The van der Waals surface area contributed by atoms with Crippen LogP contribution in [0.3, 0.4) is 0 Å². The van der Waals surface area contributed by atoms with Gasteiger partial charge in [-0.1, -0.05) is 6.07 Å². The third kappa shape index (κ3) is 4.12. The zero-order chi connectivity index (χ0) is 16.8. The minimum absolute atomic E-state index is 0.243. The highest BCUT2D eigenvalue weighted by atomic mass is 16.5. The van der Waals surface area contributed by atoms with Crippen molar-refractivity contribution in [1.29, 1.82) is 0 Å². The van der Waals surface area contributed by atoms with E-state index in [9.17, 15) is 4.79 Å². The quantitative estimate of drug-likeness (QED) is 0.840. The number of benzene rings is 1. The molecule has 1 aromatic carbocycles. The summed E-state index contributed by atoms with van der Waals surface area (Å²) in [5, 5.41) is 13.4. The van der Waals surface area contributed by atoms with Gasteiger partial charge in [-0.2, -0.15) is 0 Å². The van der Waals surface area contributed by atoms with Crippen LogP contribution < -0.4 is 20.1 Å². The Morgan fingerprint density at radius 3 is 2.65 bits per heavy atom. The number of aromatic nitrogens is 3. The third-order valence-electron chi connectivity index (χ3n) is 3.38. The first-order valence-electron chi connectivity index (χ1n) is 7.14. The fraction of sp³-hybridized carbons (Fsp3) is 0.400. The molecule has 0 aliphatic heterocycles. The molecule has 2 aromatic rings. The van der Waals surface area contributed by atoms with E-state index in [4.69, 9.17) is 9.47 Å². The van der Waals surface area contributed by atoms with E-state index >= 15 is 0 Å². The van der Waals surface area contributed by atoms with E-state index in [0.29, 0.717) is 23.9 Å². The van der Waals surface area contributed by atoms with Crippen LogP contribution in [0.4, 0.5) is 4.79 Å². The Hall–Kier alpha value is -2.77. The standard InChI is InChI=1S/C15H21N5O3/c1-10(14-19-17-9-20(14)2)18-15(21)16-8-11-5-6-12(22-3)13(7-11)23-4/h5-7,9-10H,8H2,1-4H3,(H2,16,18,21)/t10-/m0/s1. The largest absolute Gasteiger partial charge is 0.493 e. The van der Waals surface area contributed by atoms with Crippen LogP contribution in [0.25, 0.3) is 0 Å². The summed E-state index contributed by atoms with van der Waals surface area (Å²) in [5.74, 6) is 1.96. The number of aryl methyl sites for hydroxylation is 1. The van der Waals surface area contributed by atoms with Crippen LogP contribution >= 0.6 is 0 Å². The lowest BCUT2D eigenvalue weighted by atomic mass is 10.2. The predicted octanol–water partition coefficient (Wildman–Crippen LogP) is 1.39. The Bertz CT molecular complexity index is 671. The van der Waals surface area contributed by atoms with Gasteiger partial charge in [0, 0.05) is 13.6 Å². The fourth-order valence-electron chi connectivity index (χ4n) is 2.17. The molecular weight excluding hydrogens is 298 g/mol. The molecule has 0 bridgehead atoms. The van der Waals surface area contributed by atoms with Crippen LogP contribution in [-0.4, -0.2) is 35.0 Å². The number of hydrogen-bond acceptors (Lipinski definition) is 5. The monoisotopic (exact) mass is 319 g/mol. The number of methoxy groups -OCH3 is 2. The molecule has 124 valence electrons. The SMILES string of the molecule is COc1ccc(CNC(=O)N[C@@H](C)c2nncn2C)cc1OC. The molecule has 8 heteroatoms. The first-order valence-corrected chi connectivity index (χ1v) is 7.14. The van der Waals surface area contributed by atoms with Crippen LogP contribution in [0, 0.1) is 0 Å². The summed E-state index contributed by atoms with van der Waals surface area (Å²) < 4.78 is 12.2. The first kappa shape index (κ1) is 16.6. The van der Waals surface area contributed by atoms with Gasteiger partial charge in [-0.25, -0.2) is 4.79 Å². The van der Waals surface area contributed by atoms with E-state index in [1.54, 1.807) is 31.2 Å². The molecule has 0 radical (unpaired) electrons. The van der Waals surface area contributed by atoms with E-state index in [1.165, 1.54) is 0 Å². The van der Waals surface area contributed by atoms with Crippen LogP contribution in [-0.2, 0) is 13.6 Å². The number of rotatable bonds is 6. The highest BCUT2D eigenvalue weighted by molar-refractivity contribution is 5.74. The van der Waals surface area contributed by atoms with Gasteiger partial charge in [0.05, 0.1) is 20.3 Å². The Morgan fingerprint density at radius 1 is 1.30 bits per heavy atom. The fourth-order valence-corrected chi connectivity index (χ4v) is 2.17. The van der Waals surface area contributed by atoms with Crippen molar-refractivity contribution in [3.8, 4) is 11.5 Å². The number of hydrogen-bond donors (Lipinski definition) is 2. The molecule has 2 N–H and O–H groups in total. The van der Waals surface area contributed by atoms with Crippen molar-refractivity contribution in [2.45, 2.75) is 19.5 Å². The Morgan fingerprint density at radius 2 is 2.04 bits per heavy atom. The summed E-state index contributed by atoms with van der Waals surface area (Å²) in [4.78, 5) is 12.0. The minimum Gasteiger partial charge on any atom is -0.493 e. The number of ether oxygens (including phenoxy) is 2. The highest BCUT2D eigenvalue weighted by Crippen LogP contribution is 2.27. The van der Waals surface area contributed by atoms with Crippen LogP contribution in [0.1, 0.15) is 24.4 Å². The van der Waals surface area contributed by atoms with Crippen molar-refractivity contribution in [3.63, 3.8) is 0 Å². The van der Waals surface area contributed by atoms with Gasteiger partial charge in [0.1, 0.15) is 6.33 Å².